The third-order valence-electron chi connectivity index (χ3n) is 1.50. The quantitative estimate of drug-likeness (QED) is 0.224. The van der Waals surface area contributed by atoms with Crippen molar-refractivity contribution in [1.82, 2.24) is 0 Å². The number of aliphatic hydroxyl groups is 4. The molecule has 0 spiro atoms. The fourth-order valence-corrected chi connectivity index (χ4v) is 0.666. The van der Waals surface area contributed by atoms with E-state index in [0.717, 1.165) is 0 Å². The molecule has 6 N–H and O–H groups in total. The molecule has 0 heterocycles. The Morgan fingerprint density at radius 3 is 1.00 bits per heavy atom. The maximum absolute atomic E-state index is 10.1. The molecule has 0 saturated heterocycles. The van der Waals surface area contributed by atoms with Crippen molar-refractivity contribution in [3.8, 4) is 0 Å². The maximum atomic E-state index is 10.1. The van der Waals surface area contributed by atoms with Crippen LogP contribution in [0.1, 0.15) is 0 Å². The molecule has 19 heavy (non-hydrogen) atoms. The van der Waals surface area contributed by atoms with E-state index in [9.17, 15) is 9.59 Å². The minimum atomic E-state index is -4.21. The Morgan fingerprint density at radius 1 is 0.737 bits per heavy atom. The van der Waals surface area contributed by atoms with Crippen molar-refractivity contribution in [2.75, 3.05) is 0 Å². The number of carboxylic acid groups (broad SMARTS) is 2. The molecular formula is C7H13O11Re-. The van der Waals surface area contributed by atoms with E-state index in [2.05, 4.69) is 0 Å². The van der Waals surface area contributed by atoms with E-state index in [0.29, 0.717) is 0 Å². The number of hydrogen-bond acceptors (Lipinski definition) is 9. The number of hydrogen-bond donors (Lipinski definition) is 6. The van der Waals surface area contributed by atoms with Gasteiger partial charge in [0, 0.05) is 0 Å². The van der Waals surface area contributed by atoms with Crippen molar-refractivity contribution in [2.45, 2.75) is 24.4 Å². The first kappa shape index (κ1) is 23.0. The van der Waals surface area contributed by atoms with E-state index < -0.39 is 53.0 Å². The Kier molecular flexibility index (Phi) is 13.0. The van der Waals surface area contributed by atoms with Crippen LogP contribution >= 0.6 is 0 Å². The van der Waals surface area contributed by atoms with Crippen LogP contribution in [0.3, 0.4) is 0 Å². The number of carbonyl (C=O) groups is 2. The van der Waals surface area contributed by atoms with Crippen LogP contribution in [0.15, 0.2) is 0 Å². The molecule has 0 rings (SSSR count). The summed E-state index contributed by atoms with van der Waals surface area (Å²) in [5.74, 6) is -3.68. The van der Waals surface area contributed by atoms with Gasteiger partial charge in [0.15, 0.2) is 12.2 Å². The topological polar surface area (TPSA) is 207 Å². The van der Waals surface area contributed by atoms with E-state index in [1.165, 1.54) is 0 Å². The van der Waals surface area contributed by atoms with Crippen molar-refractivity contribution in [3.05, 3.63) is 7.43 Å². The number of carboxylic acids is 2. The molecule has 12 heteroatoms. The zero-order valence-corrected chi connectivity index (χ0v) is 12.1. The number of aliphatic carboxylic acids is 2. The third kappa shape index (κ3) is 10.5. The summed E-state index contributed by atoms with van der Waals surface area (Å²) in [7, 11) is 0. The van der Waals surface area contributed by atoms with Crippen LogP contribution in [-0.2, 0) is 36.6 Å². The molecule has 0 saturated carbocycles. The molecule has 0 unspecified atom stereocenters. The molecule has 0 aromatic heterocycles. The molecule has 0 amide bonds. The molecule has 11 nitrogen and oxygen atoms in total. The number of aliphatic hydroxyl groups excluding tert-OH is 4. The van der Waals surface area contributed by atoms with Gasteiger partial charge in [-0.25, -0.2) is 9.59 Å². The molecule has 4 atom stereocenters. The average Bonchev–Trinajstić information content (AvgIpc) is 2.23. The standard InChI is InChI=1S/C6H10O8.CH3.3O.Re/c7-1(3(9)5(11)12)2(8)4(10)6(13)14;;;;;/h1-4,7-10H,(H,11,12)(H,13,14);1H3;;;;/q;-1;;;;/t1-,2+,3+,4-;;;;;. The van der Waals surface area contributed by atoms with Gasteiger partial charge in [0.2, 0.25) is 0 Å². The summed E-state index contributed by atoms with van der Waals surface area (Å²) in [6.45, 7) is 0. The molecule has 0 aliphatic rings. The Bertz CT molecular complexity index is 355. The van der Waals surface area contributed by atoms with Gasteiger partial charge in [-0.1, -0.05) is 0 Å². The van der Waals surface area contributed by atoms with Gasteiger partial charge >= 0.3 is 39.0 Å². The van der Waals surface area contributed by atoms with Crippen molar-refractivity contribution < 1.29 is 67.3 Å². The summed E-state index contributed by atoms with van der Waals surface area (Å²) in [5.41, 5.74) is 0. The Labute approximate surface area is 111 Å². The molecule has 0 radical (unpaired) electrons. The summed E-state index contributed by atoms with van der Waals surface area (Å²) in [6.07, 6.45) is -9.28. The first-order valence-corrected chi connectivity index (χ1v) is 7.25. The molecule has 0 aromatic carbocycles. The second-order valence-electron chi connectivity index (χ2n) is 2.74. The zero-order valence-electron chi connectivity index (χ0n) is 9.41. The van der Waals surface area contributed by atoms with Crippen molar-refractivity contribution in [1.29, 1.82) is 0 Å². The van der Waals surface area contributed by atoms with Gasteiger partial charge in [0.1, 0.15) is 12.2 Å². The predicted molar refractivity (Wildman–Crippen MR) is 47.8 cm³/mol. The van der Waals surface area contributed by atoms with Crippen LogP contribution in [0.4, 0.5) is 0 Å². The summed E-state index contributed by atoms with van der Waals surface area (Å²) < 4.78 is 25.8. The fraction of sp³-hybridized carbons (Fsp3) is 0.571. The van der Waals surface area contributed by atoms with Crippen LogP contribution in [0, 0.1) is 7.43 Å². The zero-order chi connectivity index (χ0) is 15.0. The number of rotatable bonds is 5. The van der Waals surface area contributed by atoms with Gasteiger partial charge in [-0.3, -0.25) is 0 Å². The van der Waals surface area contributed by atoms with Crippen LogP contribution in [0.2, 0.25) is 0 Å². The average molecular weight is 459 g/mol. The van der Waals surface area contributed by atoms with Crippen LogP contribution in [0.5, 0.6) is 0 Å². The van der Waals surface area contributed by atoms with Crippen molar-refractivity contribution >= 4 is 11.9 Å². The van der Waals surface area contributed by atoms with E-state index in [1.807, 2.05) is 0 Å². The van der Waals surface area contributed by atoms with Gasteiger partial charge in [-0.2, -0.15) is 0 Å². The summed E-state index contributed by atoms with van der Waals surface area (Å²) in [5, 5.41) is 51.5. The summed E-state index contributed by atoms with van der Waals surface area (Å²) in [4.78, 5) is 20.2. The first-order chi connectivity index (χ1) is 8.02. The second kappa shape index (κ2) is 10.7. The summed E-state index contributed by atoms with van der Waals surface area (Å²) in [6, 6.07) is 0. The fourth-order valence-electron chi connectivity index (χ4n) is 0.666. The molecule has 0 fully saturated rings. The van der Waals surface area contributed by atoms with Crippen LogP contribution < -0.4 is 0 Å². The van der Waals surface area contributed by atoms with Crippen LogP contribution in [0.25, 0.3) is 0 Å². The van der Waals surface area contributed by atoms with Gasteiger partial charge in [-0.05, 0) is 0 Å². The molecule has 115 valence electrons. The molecule has 0 aromatic rings. The van der Waals surface area contributed by atoms with E-state index in [-0.39, 0.29) is 7.43 Å². The van der Waals surface area contributed by atoms with Gasteiger partial charge in [0.05, 0.1) is 0 Å². The van der Waals surface area contributed by atoms with E-state index in [4.69, 9.17) is 41.0 Å². The van der Waals surface area contributed by atoms with Crippen molar-refractivity contribution in [2.24, 2.45) is 0 Å². The normalized spacial score (nSPS) is 15.6. The molecule has 0 aliphatic heterocycles. The SMILES string of the molecule is O=C(O)[C@@H](O)[C@H](O)[C@H](O)[C@@H](O)C(=O)O.[CH3-].[O]=[Re](=[O])=[O]. The van der Waals surface area contributed by atoms with Gasteiger partial charge in [-0.15, -0.1) is 0 Å². The Balaban J connectivity index is -0.000000448. The van der Waals surface area contributed by atoms with Gasteiger partial charge in [0.25, 0.3) is 0 Å². The molecule has 0 bridgehead atoms. The van der Waals surface area contributed by atoms with Crippen LogP contribution in [-0.4, -0.2) is 67.0 Å². The third-order valence-corrected chi connectivity index (χ3v) is 1.50. The van der Waals surface area contributed by atoms with Crippen molar-refractivity contribution in [3.63, 3.8) is 0 Å². The molecular weight excluding hydrogens is 446 g/mol. The molecule has 0 aliphatic carbocycles. The minimum absolute atomic E-state index is 0. The Hall–Kier alpha value is -1.16. The predicted octanol–water partition coefficient (Wildman–Crippen LogP) is -3.31. The monoisotopic (exact) mass is 460 g/mol. The van der Waals surface area contributed by atoms with E-state index in [1.54, 1.807) is 0 Å². The van der Waals surface area contributed by atoms with E-state index >= 15 is 0 Å². The second-order valence-corrected chi connectivity index (χ2v) is 4.09. The van der Waals surface area contributed by atoms with Gasteiger partial charge < -0.3 is 38.1 Å². The summed E-state index contributed by atoms with van der Waals surface area (Å²) >= 11 is -4.21. The first-order valence-electron chi connectivity index (χ1n) is 3.93. The Morgan fingerprint density at radius 2 is 0.895 bits per heavy atom.